The number of halogens is 2. The molecule has 0 unspecified atom stereocenters. The Labute approximate surface area is 188 Å². The van der Waals surface area contributed by atoms with Crippen LogP contribution in [0.15, 0.2) is 36.7 Å². The zero-order valence-corrected chi connectivity index (χ0v) is 17.9. The van der Waals surface area contributed by atoms with E-state index in [1.54, 1.807) is 24.3 Å². The SMILES string of the molecule is CCOc1ccc(C(=O)N[C@H]2CCN(c3ccc4ncc(C(=O)NCC(F)F)n4n3)C2)nc1. The summed E-state index contributed by atoms with van der Waals surface area (Å²) < 4.78 is 31.5. The van der Waals surface area contributed by atoms with Gasteiger partial charge >= 0.3 is 0 Å². The first kappa shape index (κ1) is 22.4. The van der Waals surface area contributed by atoms with Crippen molar-refractivity contribution in [3.05, 3.63) is 48.0 Å². The number of anilines is 1. The van der Waals surface area contributed by atoms with Crippen LogP contribution in [0.5, 0.6) is 5.75 Å². The lowest BCUT2D eigenvalue weighted by Gasteiger charge is -2.18. The molecule has 2 amide bonds. The summed E-state index contributed by atoms with van der Waals surface area (Å²) in [6, 6.07) is 6.66. The third-order valence-corrected chi connectivity index (χ3v) is 5.13. The smallest absolute Gasteiger partial charge is 0.271 e. The van der Waals surface area contributed by atoms with Gasteiger partial charge in [-0.1, -0.05) is 0 Å². The summed E-state index contributed by atoms with van der Waals surface area (Å²) in [5, 5.41) is 9.58. The first-order valence-electron chi connectivity index (χ1n) is 10.5. The maximum atomic E-state index is 12.5. The fourth-order valence-electron chi connectivity index (χ4n) is 3.56. The van der Waals surface area contributed by atoms with Crippen LogP contribution in [0, 0.1) is 0 Å². The maximum absolute atomic E-state index is 12.5. The van der Waals surface area contributed by atoms with Crippen molar-refractivity contribution in [3.8, 4) is 5.75 Å². The highest BCUT2D eigenvalue weighted by Crippen LogP contribution is 2.20. The molecule has 3 aromatic rings. The number of carbonyl (C=O) groups excluding carboxylic acids is 2. The van der Waals surface area contributed by atoms with Crippen molar-refractivity contribution in [2.24, 2.45) is 0 Å². The Morgan fingerprint density at radius 2 is 2.03 bits per heavy atom. The highest BCUT2D eigenvalue weighted by molar-refractivity contribution is 5.93. The second-order valence-corrected chi connectivity index (χ2v) is 7.42. The van der Waals surface area contributed by atoms with E-state index in [2.05, 4.69) is 25.7 Å². The van der Waals surface area contributed by atoms with E-state index < -0.39 is 18.9 Å². The predicted octanol–water partition coefficient (Wildman–Crippen LogP) is 1.53. The topological polar surface area (TPSA) is 114 Å². The number of rotatable bonds is 8. The molecule has 1 aliphatic rings. The summed E-state index contributed by atoms with van der Waals surface area (Å²) in [5.41, 5.74) is 0.791. The Morgan fingerprint density at radius 1 is 1.18 bits per heavy atom. The number of amides is 2. The molecule has 0 saturated carbocycles. The van der Waals surface area contributed by atoms with Crippen molar-refractivity contribution < 1.29 is 23.1 Å². The monoisotopic (exact) mass is 459 g/mol. The van der Waals surface area contributed by atoms with Gasteiger partial charge in [-0.15, -0.1) is 5.10 Å². The third kappa shape index (κ3) is 5.16. The Kier molecular flexibility index (Phi) is 6.61. The van der Waals surface area contributed by atoms with Gasteiger partial charge in [0.05, 0.1) is 25.5 Å². The van der Waals surface area contributed by atoms with Crippen molar-refractivity contribution in [1.82, 2.24) is 30.2 Å². The van der Waals surface area contributed by atoms with Crippen LogP contribution in [-0.2, 0) is 0 Å². The van der Waals surface area contributed by atoms with Gasteiger partial charge in [0.2, 0.25) is 0 Å². The molecule has 0 aliphatic carbocycles. The van der Waals surface area contributed by atoms with Crippen LogP contribution in [-0.4, -0.2) is 70.1 Å². The van der Waals surface area contributed by atoms with Crippen molar-refractivity contribution in [2.75, 3.05) is 31.1 Å². The van der Waals surface area contributed by atoms with Crippen LogP contribution in [0.2, 0.25) is 0 Å². The van der Waals surface area contributed by atoms with Gasteiger partial charge in [-0.05, 0) is 37.6 Å². The van der Waals surface area contributed by atoms with Gasteiger partial charge in [0.1, 0.15) is 17.3 Å². The second kappa shape index (κ2) is 9.76. The molecule has 0 aromatic carbocycles. The van der Waals surface area contributed by atoms with Gasteiger partial charge < -0.3 is 20.3 Å². The molecule has 0 bridgehead atoms. The molecule has 4 heterocycles. The van der Waals surface area contributed by atoms with E-state index in [0.717, 1.165) is 0 Å². The fraction of sp³-hybridized carbons (Fsp3) is 0.381. The highest BCUT2D eigenvalue weighted by atomic mass is 19.3. The number of nitrogens with zero attached hydrogens (tertiary/aromatic N) is 5. The first-order valence-corrected chi connectivity index (χ1v) is 10.5. The second-order valence-electron chi connectivity index (χ2n) is 7.42. The average molecular weight is 459 g/mol. The minimum Gasteiger partial charge on any atom is -0.492 e. The zero-order valence-electron chi connectivity index (χ0n) is 17.9. The molecule has 0 radical (unpaired) electrons. The number of aromatic nitrogens is 4. The number of imidazole rings is 1. The highest BCUT2D eigenvalue weighted by Gasteiger charge is 2.26. The average Bonchev–Trinajstić information content (AvgIpc) is 3.45. The van der Waals surface area contributed by atoms with Crippen molar-refractivity contribution in [3.63, 3.8) is 0 Å². The van der Waals surface area contributed by atoms with Crippen LogP contribution in [0.25, 0.3) is 5.65 Å². The predicted molar refractivity (Wildman–Crippen MR) is 115 cm³/mol. The number of nitrogens with one attached hydrogen (secondary N) is 2. The molecule has 2 N–H and O–H groups in total. The van der Waals surface area contributed by atoms with Gasteiger partial charge in [0, 0.05) is 19.1 Å². The minimum atomic E-state index is -2.65. The summed E-state index contributed by atoms with van der Waals surface area (Å²) in [7, 11) is 0. The molecular formula is C21H23F2N7O3. The molecule has 1 atom stereocenters. The number of fused-ring (bicyclic) bond motifs is 1. The van der Waals surface area contributed by atoms with E-state index >= 15 is 0 Å². The molecular weight excluding hydrogens is 436 g/mol. The number of ether oxygens (including phenoxy) is 1. The number of hydrogen-bond acceptors (Lipinski definition) is 7. The van der Waals surface area contributed by atoms with E-state index in [0.29, 0.717) is 49.0 Å². The van der Waals surface area contributed by atoms with E-state index in [9.17, 15) is 18.4 Å². The van der Waals surface area contributed by atoms with Gasteiger partial charge in [0.15, 0.2) is 11.3 Å². The molecule has 1 saturated heterocycles. The molecule has 12 heteroatoms. The van der Waals surface area contributed by atoms with Gasteiger partial charge in [-0.25, -0.2) is 23.3 Å². The molecule has 1 fully saturated rings. The van der Waals surface area contributed by atoms with Gasteiger partial charge in [-0.2, -0.15) is 0 Å². The van der Waals surface area contributed by atoms with E-state index in [4.69, 9.17) is 4.74 Å². The summed E-state index contributed by atoms with van der Waals surface area (Å²) in [5.74, 6) is 0.228. The van der Waals surface area contributed by atoms with Crippen molar-refractivity contribution in [1.29, 1.82) is 0 Å². The molecule has 174 valence electrons. The van der Waals surface area contributed by atoms with E-state index in [1.807, 2.05) is 11.8 Å². The van der Waals surface area contributed by atoms with Crippen LogP contribution < -0.4 is 20.3 Å². The maximum Gasteiger partial charge on any atom is 0.271 e. The van der Waals surface area contributed by atoms with Crippen molar-refractivity contribution >= 4 is 23.3 Å². The van der Waals surface area contributed by atoms with Crippen LogP contribution >= 0.6 is 0 Å². The van der Waals surface area contributed by atoms with Crippen molar-refractivity contribution in [2.45, 2.75) is 25.8 Å². The van der Waals surface area contributed by atoms with E-state index in [1.165, 1.54) is 16.9 Å². The normalized spacial score (nSPS) is 15.8. The molecule has 33 heavy (non-hydrogen) atoms. The van der Waals surface area contributed by atoms with E-state index in [-0.39, 0.29) is 17.6 Å². The number of pyridine rings is 1. The van der Waals surface area contributed by atoms with Crippen LogP contribution in [0.4, 0.5) is 14.6 Å². The summed E-state index contributed by atoms with van der Waals surface area (Å²) in [6.45, 7) is 2.80. The summed E-state index contributed by atoms with van der Waals surface area (Å²) >= 11 is 0. The Morgan fingerprint density at radius 3 is 2.76 bits per heavy atom. The lowest BCUT2D eigenvalue weighted by Crippen LogP contribution is -2.37. The summed E-state index contributed by atoms with van der Waals surface area (Å²) in [6.07, 6.45) is 0.863. The molecule has 10 nitrogen and oxygen atoms in total. The Balaban J connectivity index is 1.41. The first-order chi connectivity index (χ1) is 15.9. The fourth-order valence-corrected chi connectivity index (χ4v) is 3.56. The quantitative estimate of drug-likeness (QED) is 0.525. The summed E-state index contributed by atoms with van der Waals surface area (Å²) in [4.78, 5) is 34.9. The molecule has 3 aromatic heterocycles. The lowest BCUT2D eigenvalue weighted by atomic mass is 10.2. The Bertz CT molecular complexity index is 1140. The molecule has 1 aliphatic heterocycles. The van der Waals surface area contributed by atoms with Crippen LogP contribution in [0.3, 0.4) is 0 Å². The Hall–Kier alpha value is -3.83. The number of carbonyl (C=O) groups is 2. The molecule has 0 spiro atoms. The lowest BCUT2D eigenvalue weighted by molar-refractivity contribution is 0.0884. The number of alkyl halides is 2. The number of hydrogen-bond donors (Lipinski definition) is 2. The molecule has 4 rings (SSSR count). The van der Waals surface area contributed by atoms with Gasteiger partial charge in [-0.3, -0.25) is 9.59 Å². The van der Waals surface area contributed by atoms with Crippen LogP contribution in [0.1, 0.15) is 34.3 Å². The largest absolute Gasteiger partial charge is 0.492 e. The van der Waals surface area contributed by atoms with Gasteiger partial charge in [0.25, 0.3) is 18.2 Å². The standard InChI is InChI=1S/C21H23F2N7O3/c1-2-33-14-3-4-15(24-9-14)20(31)27-13-7-8-29(12-13)19-6-5-18-25-10-16(30(18)28-19)21(32)26-11-17(22)23/h3-6,9-10,13,17H,2,7-8,11-12H2,1H3,(H,26,32)(H,27,31)/t13-/m0/s1. The minimum absolute atomic E-state index is 0.0677. The zero-order chi connectivity index (χ0) is 23.4. The third-order valence-electron chi connectivity index (χ3n) is 5.13.